The van der Waals surface area contributed by atoms with Crippen LogP contribution in [0.3, 0.4) is 0 Å². The Morgan fingerprint density at radius 1 is 0.843 bits per heavy atom. The Kier molecular flexibility index (Phi) is 15.6. The van der Waals surface area contributed by atoms with Crippen molar-refractivity contribution < 1.29 is 58.2 Å². The first kappa shape index (κ1) is 51.7. The molecule has 8 rings (SSSR count). The van der Waals surface area contributed by atoms with Gasteiger partial charge in [0.2, 0.25) is 11.6 Å². The Morgan fingerprint density at radius 2 is 1.49 bits per heavy atom. The molecule has 5 bridgehead atoms. The average Bonchev–Trinajstić information content (AvgIpc) is 3.61. The summed E-state index contributed by atoms with van der Waals surface area (Å²) in [6.07, 6.45) is 3.43. The summed E-state index contributed by atoms with van der Waals surface area (Å²) in [7, 11) is 1.43. The number of benzene rings is 3. The zero-order valence-corrected chi connectivity index (χ0v) is 41.7. The van der Waals surface area contributed by atoms with Crippen LogP contribution in [0.2, 0.25) is 5.02 Å². The maximum Gasteiger partial charge on any atom is 0.312 e. The molecule has 70 heavy (non-hydrogen) atoms. The molecule has 4 N–H and O–H groups in total. The smallest absolute Gasteiger partial charge is 0.312 e. The van der Waals surface area contributed by atoms with Gasteiger partial charge in [0.25, 0.3) is 11.7 Å². The lowest BCUT2D eigenvalue weighted by Gasteiger charge is -2.42. The van der Waals surface area contributed by atoms with E-state index in [2.05, 4.69) is 10.2 Å². The van der Waals surface area contributed by atoms with Gasteiger partial charge in [0.05, 0.1) is 47.3 Å². The summed E-state index contributed by atoms with van der Waals surface area (Å²) >= 11 is 6.29. The number of esters is 1. The van der Waals surface area contributed by atoms with E-state index >= 15 is 4.79 Å². The summed E-state index contributed by atoms with van der Waals surface area (Å²) < 4.78 is 23.8. The topological polar surface area (TPSA) is 201 Å². The number of rotatable bonds is 6. The number of piperazine rings is 1. The van der Waals surface area contributed by atoms with Gasteiger partial charge in [-0.2, -0.15) is 0 Å². The predicted molar refractivity (Wildman–Crippen MR) is 261 cm³/mol. The largest absolute Gasteiger partial charge is 0.507 e. The van der Waals surface area contributed by atoms with Gasteiger partial charge in [0.1, 0.15) is 29.0 Å². The molecule has 0 radical (unpaired) electrons. The van der Waals surface area contributed by atoms with Gasteiger partial charge in [-0.1, -0.05) is 100.0 Å². The molecule has 10 atom stereocenters. The summed E-state index contributed by atoms with van der Waals surface area (Å²) in [5.74, 6) is -9.25. The number of nitrogens with zero attached hydrogens (tertiary/aromatic N) is 2. The standard InChI is InChI=1S/C54H62ClN3O12/c1-28-14-13-15-29(2)53(66)56-42-44(58-25-23-57(24-26-58)43(35-16-11-10-12-17-35)36-18-20-37(55)21-19-36)49(64)39-40(48(42)63)47(62)33(6)51-41(39)52(65)54(8,70-51)68-27-22-38(67-9)30(3)50(69-34(7)59)32(5)46(61)31(4)45(28)60/h10-22,27-28,30-32,38,43,45-46,50,60-62H,23-26H2,1-9H3,(H,56,66). The summed E-state index contributed by atoms with van der Waals surface area (Å²) in [4.78, 5) is 75.6. The zero-order chi connectivity index (χ0) is 50.9. The number of amides is 1. The highest BCUT2D eigenvalue weighted by atomic mass is 35.5. The first-order valence-corrected chi connectivity index (χ1v) is 23.9. The minimum absolute atomic E-state index is 0.00567. The number of phenols is 1. The van der Waals surface area contributed by atoms with Crippen LogP contribution in [0.25, 0.3) is 0 Å². The van der Waals surface area contributed by atoms with Crippen LogP contribution in [0.4, 0.5) is 0 Å². The first-order valence-electron chi connectivity index (χ1n) is 23.5. The highest BCUT2D eigenvalue weighted by molar-refractivity contribution is 6.32. The lowest BCUT2D eigenvalue weighted by molar-refractivity contribution is -0.160. The fourth-order valence-corrected chi connectivity index (χ4v) is 10.2. The molecule has 3 aromatic rings. The monoisotopic (exact) mass is 979 g/mol. The molecule has 10 unspecified atom stereocenters. The minimum Gasteiger partial charge on any atom is -0.507 e. The fraction of sp³-hybridized carbons (Fsp3) is 0.426. The summed E-state index contributed by atoms with van der Waals surface area (Å²) in [5, 5.41) is 38.2. The van der Waals surface area contributed by atoms with E-state index in [1.807, 2.05) is 54.6 Å². The molecule has 3 aromatic carbocycles. The number of allylic oxidation sites excluding steroid dienone is 4. The van der Waals surface area contributed by atoms with E-state index in [0.29, 0.717) is 18.1 Å². The maximum absolute atomic E-state index is 15.3. The van der Waals surface area contributed by atoms with Crippen molar-refractivity contribution in [3.63, 3.8) is 0 Å². The summed E-state index contributed by atoms with van der Waals surface area (Å²) in [5.41, 5.74) is 0.537. The van der Waals surface area contributed by atoms with Crippen molar-refractivity contribution in [2.75, 3.05) is 33.3 Å². The Bertz CT molecular complexity index is 2650. The Hall–Kier alpha value is -6.10. The normalized spacial score (nSPS) is 28.5. The van der Waals surface area contributed by atoms with Gasteiger partial charge in [-0.3, -0.25) is 28.9 Å². The second-order valence-electron chi connectivity index (χ2n) is 18.9. The number of ether oxygens (including phenoxy) is 4. The number of carbonyl (C=O) groups excluding carboxylic acids is 5. The Morgan fingerprint density at radius 3 is 2.11 bits per heavy atom. The number of hydrogen-bond acceptors (Lipinski definition) is 14. The highest BCUT2D eigenvalue weighted by Crippen LogP contribution is 2.49. The van der Waals surface area contributed by atoms with Crippen LogP contribution in [-0.4, -0.2) is 118 Å². The number of phenolic OH excluding ortho intramolecular Hbond substituents is 1. The van der Waals surface area contributed by atoms with E-state index in [4.69, 9.17) is 30.5 Å². The molecule has 16 heteroatoms. The van der Waals surface area contributed by atoms with Crippen molar-refractivity contribution in [1.29, 1.82) is 0 Å². The van der Waals surface area contributed by atoms with Gasteiger partial charge in [0.15, 0.2) is 0 Å². The lowest BCUT2D eigenvalue weighted by atomic mass is 9.78. The van der Waals surface area contributed by atoms with E-state index in [1.165, 1.54) is 53.2 Å². The molecule has 5 aliphatic rings. The number of hydrogen-bond donors (Lipinski definition) is 4. The van der Waals surface area contributed by atoms with E-state index < -0.39 is 94.4 Å². The molecule has 0 aromatic heterocycles. The number of aliphatic hydroxyl groups excluding tert-OH is 2. The van der Waals surface area contributed by atoms with Gasteiger partial charge in [0, 0.05) is 87.0 Å². The Labute approximate surface area is 413 Å². The predicted octanol–water partition coefficient (Wildman–Crippen LogP) is 7.02. The van der Waals surface area contributed by atoms with Crippen LogP contribution in [0, 0.1) is 30.6 Å². The van der Waals surface area contributed by atoms with Gasteiger partial charge < -0.3 is 44.5 Å². The van der Waals surface area contributed by atoms with Gasteiger partial charge >= 0.3 is 11.8 Å². The second kappa shape index (κ2) is 21.1. The maximum atomic E-state index is 15.3. The molecule has 0 spiro atoms. The van der Waals surface area contributed by atoms with Gasteiger partial charge in [-0.25, -0.2) is 0 Å². The van der Waals surface area contributed by atoms with Crippen molar-refractivity contribution in [1.82, 2.24) is 15.1 Å². The fourth-order valence-electron chi connectivity index (χ4n) is 10.1. The molecule has 4 aliphatic heterocycles. The van der Waals surface area contributed by atoms with Crippen LogP contribution in [0.15, 0.2) is 102 Å². The van der Waals surface area contributed by atoms with Crippen LogP contribution in [-0.2, 0) is 23.8 Å². The number of aliphatic hydroxyl groups is 2. The molecule has 1 fully saturated rings. The Balaban J connectivity index is 1.32. The number of fused-ring (bicyclic) bond motifs is 14. The van der Waals surface area contributed by atoms with Crippen molar-refractivity contribution in [2.45, 2.75) is 91.6 Å². The summed E-state index contributed by atoms with van der Waals surface area (Å²) in [6.45, 7) is 13.7. The van der Waals surface area contributed by atoms with Crippen LogP contribution < -0.4 is 10.1 Å². The number of methoxy groups -OCH3 is 1. The highest BCUT2D eigenvalue weighted by Gasteiger charge is 2.53. The van der Waals surface area contributed by atoms with Crippen LogP contribution in [0.1, 0.15) is 102 Å². The summed E-state index contributed by atoms with van der Waals surface area (Å²) in [6, 6.07) is 17.4. The van der Waals surface area contributed by atoms with E-state index in [0.717, 1.165) is 11.1 Å². The van der Waals surface area contributed by atoms with Crippen LogP contribution in [0.5, 0.6) is 11.5 Å². The number of ketones is 3. The lowest BCUT2D eigenvalue weighted by Crippen LogP contribution is -2.50. The SMILES string of the molecule is COC1C=COC2(C)Oc3c(C)c(O)c4c(c3C2=O)C(=O)C(N2CCN(C(c3ccccc3)c3ccc(Cl)cc3)CC2)=C(NC(=O)C(C)=CC=CC(C)C(O)C(C)C(O)C(C)C(OC(C)=O)C1C)C4=O. The third kappa shape index (κ3) is 9.95. The molecule has 1 amide bonds. The third-order valence-corrected chi connectivity index (χ3v) is 14.5. The van der Waals surface area contributed by atoms with Crippen molar-refractivity contribution >= 4 is 40.8 Å². The van der Waals surface area contributed by atoms with E-state index in [1.54, 1.807) is 44.7 Å². The van der Waals surface area contributed by atoms with Crippen LogP contribution >= 0.6 is 11.6 Å². The van der Waals surface area contributed by atoms with Crippen molar-refractivity contribution in [2.24, 2.45) is 23.7 Å². The van der Waals surface area contributed by atoms with Crippen molar-refractivity contribution in [3.8, 4) is 11.5 Å². The molecular formula is C54H62ClN3O12. The molecule has 15 nitrogen and oxygen atoms in total. The average molecular weight is 981 g/mol. The number of carbonyl (C=O) groups is 5. The van der Waals surface area contributed by atoms with Crippen molar-refractivity contribution in [3.05, 3.63) is 141 Å². The van der Waals surface area contributed by atoms with E-state index in [-0.39, 0.29) is 58.5 Å². The first-order chi connectivity index (χ1) is 33.2. The van der Waals surface area contributed by atoms with E-state index in [9.17, 15) is 34.5 Å². The molecular weight excluding hydrogens is 918 g/mol. The molecule has 1 aliphatic carbocycles. The molecule has 372 valence electrons. The molecule has 0 saturated carbocycles. The molecule has 4 heterocycles. The number of aromatic hydroxyl groups is 1. The quantitative estimate of drug-likeness (QED) is 0.184. The van der Waals surface area contributed by atoms with Gasteiger partial charge in [-0.15, -0.1) is 0 Å². The number of nitrogens with one attached hydrogen (secondary N) is 1. The van der Waals surface area contributed by atoms with Gasteiger partial charge in [-0.05, 0) is 43.2 Å². The second-order valence-corrected chi connectivity index (χ2v) is 19.3. The number of Topliss-reactive ketones (excluding diaryl/α,β-unsaturated/α-hetero) is 3. The third-order valence-electron chi connectivity index (χ3n) is 14.2. The zero-order valence-electron chi connectivity index (χ0n) is 40.9. The minimum atomic E-state index is -2.11. The number of halogens is 1. The molecule has 1 saturated heterocycles.